The van der Waals surface area contributed by atoms with Crippen molar-refractivity contribution in [2.75, 3.05) is 66.1 Å². The Hall–Kier alpha value is -2.62. The van der Waals surface area contributed by atoms with Crippen LogP contribution in [0.2, 0.25) is 130 Å². The molecular formula is C65H148O22Si8. The molecule has 2 aliphatic rings. The normalized spacial score (nSPS) is 14.9. The Balaban J connectivity index is -0.000000147. The van der Waals surface area contributed by atoms with E-state index in [1.165, 1.54) is 6.92 Å². The molecule has 2 saturated heterocycles. The number of carbonyl (C=O) groups excluding carboxylic acids is 6. The maximum Gasteiger partial charge on any atom is 0.469 e. The summed E-state index contributed by atoms with van der Waals surface area (Å²) in [6.45, 7) is 62.7. The Morgan fingerprint density at radius 3 is 0.853 bits per heavy atom. The van der Waals surface area contributed by atoms with Crippen LogP contribution >= 0.6 is 0 Å². The second-order valence-electron chi connectivity index (χ2n) is 28.7. The van der Waals surface area contributed by atoms with Crippen molar-refractivity contribution in [3.05, 3.63) is 36.5 Å². The van der Waals surface area contributed by atoms with Gasteiger partial charge in [-0.15, -0.1) is 0 Å². The topological polar surface area (TPSA) is 279 Å². The van der Waals surface area contributed by atoms with Gasteiger partial charge in [0.25, 0.3) is 0 Å². The predicted molar refractivity (Wildman–Crippen MR) is 410 cm³/mol. The van der Waals surface area contributed by atoms with E-state index in [9.17, 15) is 33.9 Å². The molecule has 2 fully saturated rings. The van der Waals surface area contributed by atoms with Crippen molar-refractivity contribution in [2.45, 2.75) is 270 Å². The molecule has 3 atom stereocenters. The number of rotatable bonds is 36. The van der Waals surface area contributed by atoms with Crippen LogP contribution in [-0.2, 0) is 91.4 Å². The largest absolute Gasteiger partial charge is 0.469 e. The Kier molecular flexibility index (Phi) is 57.7. The fourth-order valence-electron chi connectivity index (χ4n) is 7.65. The van der Waals surface area contributed by atoms with Gasteiger partial charge in [0.05, 0.1) is 55.9 Å². The second kappa shape index (κ2) is 48.2. The lowest BCUT2D eigenvalue weighted by Gasteiger charge is -2.48. The highest BCUT2D eigenvalue weighted by Gasteiger charge is 2.65. The molecule has 2 heterocycles. The first-order chi connectivity index (χ1) is 39.1. The molecule has 0 aliphatic carbocycles. The van der Waals surface area contributed by atoms with E-state index in [0.717, 1.165) is 0 Å². The minimum absolute atomic E-state index is 0. The fraction of sp³-hybridized carbons (Fsp3) is 0.815. The maximum absolute atomic E-state index is 13.7. The van der Waals surface area contributed by atoms with Crippen molar-refractivity contribution in [2.24, 2.45) is 16.2 Å². The summed E-state index contributed by atoms with van der Waals surface area (Å²) in [5.41, 5.74) is -3.54. The van der Waals surface area contributed by atoms with Crippen LogP contribution in [0, 0.1) is 16.2 Å². The van der Waals surface area contributed by atoms with Crippen LogP contribution in [-0.4, -0.2) is 192 Å². The number of esters is 6. The Morgan fingerprint density at radius 2 is 0.600 bits per heavy atom. The molecule has 0 spiro atoms. The molecule has 2 N–H and O–H groups in total. The molecule has 2 rings (SSSR count). The molecule has 0 aromatic heterocycles. The first-order valence-corrected chi connectivity index (χ1v) is 54.0. The molecular weight excluding hydrogens is 1360 g/mol. The number of hydrogen-bond acceptors (Lipinski definition) is 22. The van der Waals surface area contributed by atoms with Gasteiger partial charge in [0, 0.05) is 28.8 Å². The van der Waals surface area contributed by atoms with E-state index in [4.69, 9.17) is 63.0 Å². The number of hydrogen-bond donors (Lipinski definition) is 2. The second-order valence-corrected chi connectivity index (χ2v) is 62.7. The van der Waals surface area contributed by atoms with E-state index >= 15 is 0 Å². The summed E-state index contributed by atoms with van der Waals surface area (Å²) < 4.78 is 80.9. The van der Waals surface area contributed by atoms with E-state index in [1.54, 1.807) is 48.5 Å². The van der Waals surface area contributed by atoms with Crippen LogP contribution in [0.4, 0.5) is 0 Å². The van der Waals surface area contributed by atoms with Crippen molar-refractivity contribution in [3.63, 3.8) is 0 Å². The SMILES string of the molecule is C.C.C.C.C.C.C.C.C=C(C)C(=O)OCC1CO1.C=C(C)C(=O)OCCC[Si](O[Si](C)(C)C)(O[Si](C)(C)C)O[Si](C)(C)C.C=C(C)C(=O)OCCO.CC(C)(C(=O)OCCC[Si](O[Si](C)(C)C)(O[Si](C)(C)C)O[Si](C)(C)C)C(C)(C(=O)OCCO)C(C)(C)C(=O)OCC1CO1. The van der Waals surface area contributed by atoms with E-state index in [2.05, 4.69) is 142 Å². The van der Waals surface area contributed by atoms with Gasteiger partial charge >= 0.3 is 53.4 Å². The Bertz CT molecular complexity index is 2150. The molecule has 95 heavy (non-hydrogen) atoms. The number of ether oxygens (including phenoxy) is 8. The average Bonchev–Trinajstić information content (AvgIpc) is 1.47. The van der Waals surface area contributed by atoms with E-state index < -0.39 is 114 Å². The molecule has 22 nitrogen and oxygen atoms in total. The summed E-state index contributed by atoms with van der Waals surface area (Å²) in [5.74, 6) is -3.29. The summed E-state index contributed by atoms with van der Waals surface area (Å²) in [5, 5.41) is 17.5. The summed E-state index contributed by atoms with van der Waals surface area (Å²) in [6.07, 6.45) is 1.08. The lowest BCUT2D eigenvalue weighted by atomic mass is 9.53. The van der Waals surface area contributed by atoms with Gasteiger partial charge in [-0.2, -0.15) is 0 Å². The summed E-state index contributed by atoms with van der Waals surface area (Å²) in [6, 6.07) is 1.16. The Labute approximate surface area is 590 Å². The third kappa shape index (κ3) is 49.5. The van der Waals surface area contributed by atoms with Crippen LogP contribution < -0.4 is 0 Å². The van der Waals surface area contributed by atoms with Crippen LogP contribution in [0.15, 0.2) is 36.5 Å². The van der Waals surface area contributed by atoms with Gasteiger partial charge in [0.15, 0.2) is 49.9 Å². The van der Waals surface area contributed by atoms with E-state index in [-0.39, 0.29) is 117 Å². The highest BCUT2D eigenvalue weighted by Crippen LogP contribution is 2.54. The predicted octanol–water partition coefficient (Wildman–Crippen LogP) is 15.6. The van der Waals surface area contributed by atoms with Crippen LogP contribution in [0.25, 0.3) is 0 Å². The molecule has 0 aromatic rings. The molecule has 572 valence electrons. The molecule has 0 saturated carbocycles. The number of aliphatic hydroxyl groups is 2. The molecule has 0 aromatic carbocycles. The first kappa shape index (κ1) is 114. The van der Waals surface area contributed by atoms with Gasteiger partial charge in [-0.3, -0.25) is 14.4 Å². The zero-order valence-electron chi connectivity index (χ0n) is 58.2. The van der Waals surface area contributed by atoms with Crippen LogP contribution in [0.5, 0.6) is 0 Å². The average molecular weight is 1510 g/mol. The van der Waals surface area contributed by atoms with Gasteiger partial charge in [-0.1, -0.05) is 79.2 Å². The quantitative estimate of drug-likeness (QED) is 0.0147. The van der Waals surface area contributed by atoms with Gasteiger partial charge in [0.1, 0.15) is 38.6 Å². The lowest BCUT2D eigenvalue weighted by molar-refractivity contribution is -0.198. The van der Waals surface area contributed by atoms with Gasteiger partial charge in [-0.05, 0) is 186 Å². The third-order valence-electron chi connectivity index (χ3n) is 11.7. The van der Waals surface area contributed by atoms with Crippen molar-refractivity contribution in [1.82, 2.24) is 0 Å². The molecule has 30 heteroatoms. The molecule has 0 bridgehead atoms. The zero-order chi connectivity index (χ0) is 68.6. The molecule has 3 unspecified atom stereocenters. The summed E-state index contributed by atoms with van der Waals surface area (Å²) in [7, 11) is -17.7. The highest BCUT2D eigenvalue weighted by atomic mass is 28.5. The maximum atomic E-state index is 13.7. The van der Waals surface area contributed by atoms with E-state index in [0.29, 0.717) is 68.1 Å². The van der Waals surface area contributed by atoms with Crippen LogP contribution in [0.3, 0.4) is 0 Å². The molecule has 0 radical (unpaired) electrons. The lowest BCUT2D eigenvalue weighted by Crippen LogP contribution is -2.60. The summed E-state index contributed by atoms with van der Waals surface area (Å²) in [4.78, 5) is 73.3. The van der Waals surface area contributed by atoms with Crippen molar-refractivity contribution in [1.29, 1.82) is 0 Å². The Morgan fingerprint density at radius 1 is 0.379 bits per heavy atom. The smallest absolute Gasteiger partial charge is 0.465 e. The van der Waals surface area contributed by atoms with Gasteiger partial charge < -0.3 is 72.8 Å². The minimum Gasteiger partial charge on any atom is -0.465 e. The van der Waals surface area contributed by atoms with Crippen LogP contribution in [0.1, 0.15) is 128 Å². The third-order valence-corrected chi connectivity index (χ3v) is 35.8. The fourth-order valence-corrected chi connectivity index (χ4v) is 36.9. The molecule has 0 amide bonds. The van der Waals surface area contributed by atoms with Gasteiger partial charge in [-0.25, -0.2) is 14.4 Å². The number of carbonyl (C=O) groups is 6. The summed E-state index contributed by atoms with van der Waals surface area (Å²) >= 11 is 0. The van der Waals surface area contributed by atoms with Gasteiger partial charge in [0.2, 0.25) is 0 Å². The zero-order valence-corrected chi connectivity index (χ0v) is 66.2. The standard InChI is InChI=1S/C28H58O11Si4.C16H38O5Si4.C7H10O3.C6H10O3.8CH4/c1-26(2,28(5,25(32)34-18-16-29)27(3,4)24(31)36-21-22-20-35-22)23(30)33-17-15-19-43(37-40(6,7)8,38-41(9,10)11)39-42(12,13)14;1-15(2)16(17)18-13-12-14-25(19-22(3,4)5,20-23(6,7)8)21-24(9,10)11;1-5(2)7(8)10-4-6-3-9-6;1-5(2)6(8)9-4-3-7;;;;;;;;/h22,29H,15-21H2,1-14H3;1,12-14H2,2-11H3;6H,1,3-4H2,2H3;7H,1,3-4H2,2H3;8*1H4. The minimum atomic E-state index is -3.12. The van der Waals surface area contributed by atoms with Crippen molar-refractivity contribution in [3.8, 4) is 0 Å². The first-order valence-electron chi connectivity index (χ1n) is 29.7. The van der Waals surface area contributed by atoms with Crippen molar-refractivity contribution < 1.29 is 102 Å². The monoisotopic (exact) mass is 1500 g/mol. The number of epoxide rings is 2. The number of aliphatic hydroxyl groups excluding tert-OH is 2. The van der Waals surface area contributed by atoms with Crippen molar-refractivity contribution >= 4 is 103 Å². The van der Waals surface area contributed by atoms with E-state index in [1.807, 2.05) is 0 Å². The molecule has 2 aliphatic heterocycles. The highest BCUT2D eigenvalue weighted by molar-refractivity contribution is 6.91.